The summed E-state index contributed by atoms with van der Waals surface area (Å²) in [5, 5.41) is 3.19. The highest BCUT2D eigenvalue weighted by molar-refractivity contribution is 5.74. The molecule has 2 aliphatic heterocycles. The largest absolute Gasteiger partial charge is 0.472 e. The van der Waals surface area contributed by atoms with E-state index in [1.54, 1.807) is 6.33 Å². The Morgan fingerprint density at radius 1 is 1.04 bits per heavy atom. The second kappa shape index (κ2) is 8.10. The fourth-order valence-electron chi connectivity index (χ4n) is 4.21. The van der Waals surface area contributed by atoms with E-state index in [9.17, 15) is 4.79 Å². The van der Waals surface area contributed by atoms with Crippen LogP contribution in [0, 0.1) is 0 Å². The minimum atomic E-state index is 0.00781. The number of hydrogen-bond acceptors (Lipinski definition) is 5. The van der Waals surface area contributed by atoms with Gasteiger partial charge >= 0.3 is 6.03 Å². The maximum absolute atomic E-state index is 12.5. The Hall–Kier alpha value is -2.05. The summed E-state index contributed by atoms with van der Waals surface area (Å²) in [7, 11) is 0. The molecule has 1 atom stereocenters. The van der Waals surface area contributed by atoms with Crippen molar-refractivity contribution < 1.29 is 9.53 Å². The first kappa shape index (κ1) is 17.4. The van der Waals surface area contributed by atoms with Gasteiger partial charge < -0.3 is 19.9 Å². The molecule has 0 aromatic carbocycles. The van der Waals surface area contributed by atoms with Crippen LogP contribution in [0.25, 0.3) is 0 Å². The van der Waals surface area contributed by atoms with Crippen LogP contribution in [0.4, 0.5) is 10.6 Å². The molecule has 7 heteroatoms. The fourth-order valence-corrected chi connectivity index (χ4v) is 4.21. The molecular formula is C19H29N5O2. The highest BCUT2D eigenvalue weighted by Crippen LogP contribution is 2.23. The molecule has 3 fully saturated rings. The second-order valence-corrected chi connectivity index (χ2v) is 7.67. The van der Waals surface area contributed by atoms with Gasteiger partial charge in [-0.25, -0.2) is 14.8 Å². The lowest BCUT2D eigenvalue weighted by Crippen LogP contribution is -2.45. The van der Waals surface area contributed by atoms with E-state index in [-0.39, 0.29) is 12.1 Å². The Morgan fingerprint density at radius 2 is 1.85 bits per heavy atom. The number of carbonyl (C=O) groups excluding carboxylic acids is 1. The molecule has 1 unspecified atom stereocenters. The van der Waals surface area contributed by atoms with Crippen molar-refractivity contribution in [1.29, 1.82) is 0 Å². The van der Waals surface area contributed by atoms with Gasteiger partial charge in [-0.3, -0.25) is 0 Å². The molecule has 1 aromatic rings. The van der Waals surface area contributed by atoms with Gasteiger partial charge in [-0.15, -0.1) is 0 Å². The van der Waals surface area contributed by atoms with Crippen molar-refractivity contribution in [3.05, 3.63) is 12.4 Å². The van der Waals surface area contributed by atoms with Gasteiger partial charge in [0, 0.05) is 38.2 Å². The summed E-state index contributed by atoms with van der Waals surface area (Å²) in [5.74, 6) is 1.55. The number of amides is 2. The molecule has 0 spiro atoms. The Labute approximate surface area is 155 Å². The van der Waals surface area contributed by atoms with Gasteiger partial charge in [0.2, 0.25) is 5.88 Å². The smallest absolute Gasteiger partial charge is 0.317 e. The van der Waals surface area contributed by atoms with Crippen LogP contribution in [0.15, 0.2) is 12.4 Å². The lowest BCUT2D eigenvalue weighted by Gasteiger charge is -2.26. The molecule has 142 valence electrons. The maximum Gasteiger partial charge on any atom is 0.317 e. The molecule has 2 amide bonds. The zero-order valence-corrected chi connectivity index (χ0v) is 15.4. The Bertz CT molecular complexity index is 614. The molecular weight excluding hydrogens is 330 g/mol. The van der Waals surface area contributed by atoms with E-state index in [4.69, 9.17) is 4.74 Å². The summed E-state index contributed by atoms with van der Waals surface area (Å²) in [5.41, 5.74) is 0. The van der Waals surface area contributed by atoms with Crippen LogP contribution in [0.3, 0.4) is 0 Å². The minimum absolute atomic E-state index is 0.00781. The van der Waals surface area contributed by atoms with Gasteiger partial charge in [0.1, 0.15) is 18.2 Å². The number of hydrogen-bond donors (Lipinski definition) is 1. The Kier molecular flexibility index (Phi) is 5.41. The van der Waals surface area contributed by atoms with E-state index in [0.717, 1.165) is 44.7 Å². The summed E-state index contributed by atoms with van der Waals surface area (Å²) >= 11 is 0. The number of anilines is 1. The van der Waals surface area contributed by atoms with Crippen LogP contribution in [-0.4, -0.2) is 59.2 Å². The van der Waals surface area contributed by atoms with Gasteiger partial charge in [-0.05, 0) is 25.7 Å². The Balaban J connectivity index is 1.28. The molecule has 3 heterocycles. The van der Waals surface area contributed by atoms with Gasteiger partial charge in [0.05, 0.1) is 6.54 Å². The quantitative estimate of drug-likeness (QED) is 0.895. The summed E-state index contributed by atoms with van der Waals surface area (Å²) in [6, 6.07) is 2.33. The minimum Gasteiger partial charge on any atom is -0.472 e. The predicted octanol–water partition coefficient (Wildman–Crippen LogP) is 2.57. The van der Waals surface area contributed by atoms with Gasteiger partial charge in [0.25, 0.3) is 0 Å². The van der Waals surface area contributed by atoms with E-state index in [1.165, 1.54) is 32.1 Å². The third-order valence-corrected chi connectivity index (χ3v) is 5.71. The number of aromatic nitrogens is 2. The van der Waals surface area contributed by atoms with E-state index < -0.39 is 0 Å². The topological polar surface area (TPSA) is 70.6 Å². The highest BCUT2D eigenvalue weighted by Gasteiger charge is 2.29. The summed E-state index contributed by atoms with van der Waals surface area (Å²) in [6.45, 7) is 3.47. The standard InChI is InChI=1S/C19H29N5O2/c25-19(22-15-6-2-1-3-7-15)24-11-8-16(13-24)26-18-12-17(20-14-21-18)23-9-4-5-10-23/h12,14-16H,1-11,13H2,(H,22,25). The predicted molar refractivity (Wildman–Crippen MR) is 99.5 cm³/mol. The van der Waals surface area contributed by atoms with E-state index in [0.29, 0.717) is 18.5 Å². The second-order valence-electron chi connectivity index (χ2n) is 7.67. The molecule has 1 aliphatic carbocycles. The van der Waals surface area contributed by atoms with Crippen molar-refractivity contribution in [3.8, 4) is 5.88 Å². The number of likely N-dealkylation sites (tertiary alicyclic amines) is 1. The van der Waals surface area contributed by atoms with E-state index >= 15 is 0 Å². The fraction of sp³-hybridized carbons (Fsp3) is 0.737. The number of carbonyl (C=O) groups is 1. The molecule has 1 saturated carbocycles. The van der Waals surface area contributed by atoms with Crippen molar-refractivity contribution in [2.75, 3.05) is 31.1 Å². The number of rotatable bonds is 4. The summed E-state index contributed by atoms with van der Waals surface area (Å²) in [6.07, 6.45) is 10.8. The van der Waals surface area contributed by atoms with Crippen molar-refractivity contribution >= 4 is 11.8 Å². The molecule has 1 aromatic heterocycles. The summed E-state index contributed by atoms with van der Waals surface area (Å²) < 4.78 is 6.05. The van der Waals surface area contributed by atoms with Gasteiger partial charge in [0.15, 0.2) is 0 Å². The lowest BCUT2D eigenvalue weighted by atomic mass is 9.96. The first-order chi connectivity index (χ1) is 12.8. The van der Waals surface area contributed by atoms with Gasteiger partial charge in [-0.1, -0.05) is 19.3 Å². The van der Waals surface area contributed by atoms with Crippen molar-refractivity contribution in [2.24, 2.45) is 0 Å². The van der Waals surface area contributed by atoms with Crippen molar-refractivity contribution in [2.45, 2.75) is 63.5 Å². The first-order valence-electron chi connectivity index (χ1n) is 10.1. The zero-order valence-electron chi connectivity index (χ0n) is 15.4. The number of urea groups is 1. The molecule has 2 saturated heterocycles. The number of nitrogens with zero attached hydrogens (tertiary/aromatic N) is 4. The molecule has 7 nitrogen and oxygen atoms in total. The average molecular weight is 359 g/mol. The van der Waals surface area contributed by atoms with E-state index in [1.807, 2.05) is 11.0 Å². The third kappa shape index (κ3) is 4.19. The lowest BCUT2D eigenvalue weighted by molar-refractivity contribution is 0.178. The molecule has 26 heavy (non-hydrogen) atoms. The van der Waals surface area contributed by atoms with Crippen LogP contribution in [-0.2, 0) is 0 Å². The van der Waals surface area contributed by atoms with Crippen molar-refractivity contribution in [3.63, 3.8) is 0 Å². The van der Waals surface area contributed by atoms with E-state index in [2.05, 4.69) is 20.2 Å². The molecule has 4 rings (SSSR count). The first-order valence-corrected chi connectivity index (χ1v) is 10.1. The normalized spacial score (nSPS) is 24.1. The maximum atomic E-state index is 12.5. The highest BCUT2D eigenvalue weighted by atomic mass is 16.5. The average Bonchev–Trinajstić information content (AvgIpc) is 3.35. The van der Waals surface area contributed by atoms with Crippen LogP contribution in [0.5, 0.6) is 5.88 Å². The monoisotopic (exact) mass is 359 g/mol. The van der Waals surface area contributed by atoms with Crippen molar-refractivity contribution in [1.82, 2.24) is 20.2 Å². The molecule has 1 N–H and O–H groups in total. The van der Waals surface area contributed by atoms with Crippen LogP contribution >= 0.6 is 0 Å². The molecule has 3 aliphatic rings. The van der Waals surface area contributed by atoms with Gasteiger partial charge in [-0.2, -0.15) is 0 Å². The Morgan fingerprint density at radius 3 is 2.65 bits per heavy atom. The zero-order chi connectivity index (χ0) is 17.8. The third-order valence-electron chi connectivity index (χ3n) is 5.71. The van der Waals surface area contributed by atoms with Crippen LogP contribution in [0.2, 0.25) is 0 Å². The summed E-state index contributed by atoms with van der Waals surface area (Å²) in [4.78, 5) is 25.2. The SMILES string of the molecule is O=C(NC1CCCCC1)N1CCC(Oc2cc(N3CCCC3)ncn2)C1. The molecule has 0 bridgehead atoms. The van der Waals surface area contributed by atoms with Crippen LogP contribution in [0.1, 0.15) is 51.4 Å². The number of nitrogens with one attached hydrogen (secondary N) is 1. The molecule has 0 radical (unpaired) electrons. The number of ether oxygens (including phenoxy) is 1. The van der Waals surface area contributed by atoms with Crippen LogP contribution < -0.4 is 15.0 Å².